The van der Waals surface area contributed by atoms with Gasteiger partial charge in [-0.2, -0.15) is 0 Å². The van der Waals surface area contributed by atoms with E-state index in [1.54, 1.807) is 24.3 Å². The van der Waals surface area contributed by atoms with Gasteiger partial charge in [-0.05, 0) is 49.7 Å². The van der Waals surface area contributed by atoms with Gasteiger partial charge in [0.25, 0.3) is 0 Å². The van der Waals surface area contributed by atoms with Crippen LogP contribution < -0.4 is 5.32 Å². The number of rotatable bonds is 8. The van der Waals surface area contributed by atoms with E-state index in [9.17, 15) is 9.59 Å². The molecule has 3 rings (SSSR count). The first kappa shape index (κ1) is 20.9. The number of benzene rings is 2. The molecule has 0 saturated heterocycles. The fourth-order valence-electron chi connectivity index (χ4n) is 2.76. The fraction of sp³-hybridized carbons (Fsp3) is 0.261. The largest absolute Gasteiger partial charge is 0.462 e. The molecule has 0 spiro atoms. The van der Waals surface area contributed by atoms with Crippen LogP contribution in [-0.4, -0.2) is 29.2 Å². The number of ether oxygens (including phenoxy) is 1. The van der Waals surface area contributed by atoms with E-state index in [0.717, 1.165) is 34.3 Å². The normalized spacial score (nSPS) is 10.7. The van der Waals surface area contributed by atoms with E-state index >= 15 is 0 Å². The van der Waals surface area contributed by atoms with Crippen LogP contribution in [0.5, 0.6) is 0 Å². The summed E-state index contributed by atoms with van der Waals surface area (Å²) in [6, 6.07) is 16.7. The number of hydrogen-bond acceptors (Lipinski definition) is 5. The Labute approximate surface area is 174 Å². The number of thioether (sulfide) groups is 1. The molecule has 1 N–H and O–H groups in total. The molecule has 0 unspecified atom stereocenters. The number of esters is 1. The lowest BCUT2D eigenvalue weighted by molar-refractivity contribution is -0.113. The summed E-state index contributed by atoms with van der Waals surface area (Å²) in [6.07, 6.45) is 1.83. The molecular formula is C23H24N2O3S. The maximum Gasteiger partial charge on any atom is 0.338 e. The molecule has 1 aromatic heterocycles. The molecule has 0 aliphatic heterocycles. The lowest BCUT2D eigenvalue weighted by Gasteiger charge is -2.08. The molecule has 6 heteroatoms. The first-order valence-electron chi connectivity index (χ1n) is 9.63. The Kier molecular flexibility index (Phi) is 7.25. The molecule has 0 atom stereocenters. The Balaban J connectivity index is 1.56. The van der Waals surface area contributed by atoms with Crippen LogP contribution >= 0.6 is 11.8 Å². The van der Waals surface area contributed by atoms with Gasteiger partial charge < -0.3 is 10.1 Å². The predicted octanol–water partition coefficient (Wildman–Crippen LogP) is 5.23. The van der Waals surface area contributed by atoms with Crippen LogP contribution in [0.4, 0.5) is 5.69 Å². The van der Waals surface area contributed by atoms with Crippen LogP contribution in [0.2, 0.25) is 0 Å². The number of nitrogens with one attached hydrogen (secondary N) is 1. The highest BCUT2D eigenvalue weighted by Gasteiger charge is 2.10. The van der Waals surface area contributed by atoms with Gasteiger partial charge in [0.05, 0.1) is 23.4 Å². The summed E-state index contributed by atoms with van der Waals surface area (Å²) in [6.45, 7) is 4.42. The average molecular weight is 409 g/mol. The molecular weight excluding hydrogens is 384 g/mol. The van der Waals surface area contributed by atoms with Gasteiger partial charge in [0.15, 0.2) is 0 Å². The number of nitrogens with zero attached hydrogens (tertiary/aromatic N) is 1. The Morgan fingerprint density at radius 3 is 2.62 bits per heavy atom. The Morgan fingerprint density at radius 2 is 1.86 bits per heavy atom. The zero-order valence-corrected chi connectivity index (χ0v) is 17.4. The highest BCUT2D eigenvalue weighted by molar-refractivity contribution is 8.00. The summed E-state index contributed by atoms with van der Waals surface area (Å²) in [7, 11) is 0. The number of aromatic nitrogens is 1. The third-order valence-electron chi connectivity index (χ3n) is 4.32. The van der Waals surface area contributed by atoms with Crippen molar-refractivity contribution in [2.75, 3.05) is 17.7 Å². The molecule has 150 valence electrons. The van der Waals surface area contributed by atoms with E-state index in [2.05, 4.69) is 10.3 Å². The number of carbonyl (C=O) groups excluding carboxylic acids is 2. The molecule has 0 aliphatic rings. The molecule has 29 heavy (non-hydrogen) atoms. The average Bonchev–Trinajstić information content (AvgIpc) is 2.73. The zero-order valence-electron chi connectivity index (χ0n) is 16.6. The molecule has 0 radical (unpaired) electrons. The molecule has 0 saturated carbocycles. The second-order valence-electron chi connectivity index (χ2n) is 6.68. The predicted molar refractivity (Wildman–Crippen MR) is 117 cm³/mol. The van der Waals surface area contributed by atoms with Crippen molar-refractivity contribution in [3.8, 4) is 0 Å². The van der Waals surface area contributed by atoms with Gasteiger partial charge in [0.2, 0.25) is 5.91 Å². The third-order valence-corrected chi connectivity index (χ3v) is 5.36. The van der Waals surface area contributed by atoms with Gasteiger partial charge in [-0.3, -0.25) is 9.78 Å². The molecule has 1 amide bonds. The number of aryl methyl sites for hydroxylation is 1. The smallest absolute Gasteiger partial charge is 0.338 e. The molecule has 1 heterocycles. The van der Waals surface area contributed by atoms with Gasteiger partial charge >= 0.3 is 5.97 Å². The third kappa shape index (κ3) is 5.81. The minimum absolute atomic E-state index is 0.113. The fourth-order valence-corrected chi connectivity index (χ4v) is 3.59. The van der Waals surface area contributed by atoms with Crippen LogP contribution in [-0.2, 0) is 9.53 Å². The van der Waals surface area contributed by atoms with Gasteiger partial charge in [-0.25, -0.2) is 4.79 Å². The van der Waals surface area contributed by atoms with Crippen LogP contribution in [0.25, 0.3) is 10.9 Å². The summed E-state index contributed by atoms with van der Waals surface area (Å²) in [5.41, 5.74) is 2.98. The summed E-state index contributed by atoms with van der Waals surface area (Å²) in [5.74, 6) is -0.182. The number of amides is 1. The van der Waals surface area contributed by atoms with Gasteiger partial charge in [0, 0.05) is 21.7 Å². The SMILES string of the molecule is CCCCOC(=O)c1ccc(NC(=O)CSc2cccc3ccc(C)nc23)cc1. The topological polar surface area (TPSA) is 68.3 Å². The van der Waals surface area contributed by atoms with Crippen molar-refractivity contribution in [3.05, 3.63) is 65.9 Å². The number of anilines is 1. The highest BCUT2D eigenvalue weighted by atomic mass is 32.2. The first-order chi connectivity index (χ1) is 14.1. The maximum absolute atomic E-state index is 12.3. The Hall–Kier alpha value is -2.86. The van der Waals surface area contributed by atoms with Crippen molar-refractivity contribution in [2.45, 2.75) is 31.6 Å². The summed E-state index contributed by atoms with van der Waals surface area (Å²) >= 11 is 1.46. The molecule has 0 aliphatic carbocycles. The molecule has 0 bridgehead atoms. The van der Waals surface area contributed by atoms with E-state index in [1.165, 1.54) is 11.8 Å². The molecule has 3 aromatic rings. The van der Waals surface area contributed by atoms with Crippen LogP contribution in [0.15, 0.2) is 59.5 Å². The minimum Gasteiger partial charge on any atom is -0.462 e. The number of fused-ring (bicyclic) bond motifs is 1. The minimum atomic E-state index is -0.342. The van der Waals surface area contributed by atoms with Gasteiger partial charge in [-0.15, -0.1) is 11.8 Å². The van der Waals surface area contributed by atoms with E-state index < -0.39 is 0 Å². The summed E-state index contributed by atoms with van der Waals surface area (Å²) < 4.78 is 5.18. The van der Waals surface area contributed by atoms with Crippen molar-refractivity contribution < 1.29 is 14.3 Å². The zero-order chi connectivity index (χ0) is 20.6. The van der Waals surface area contributed by atoms with E-state index in [4.69, 9.17) is 4.74 Å². The van der Waals surface area contributed by atoms with Crippen molar-refractivity contribution >= 4 is 40.2 Å². The van der Waals surface area contributed by atoms with Crippen molar-refractivity contribution in [2.24, 2.45) is 0 Å². The highest BCUT2D eigenvalue weighted by Crippen LogP contribution is 2.26. The number of unbranched alkanes of at least 4 members (excludes halogenated alkanes) is 1. The molecule has 2 aromatic carbocycles. The van der Waals surface area contributed by atoms with E-state index in [0.29, 0.717) is 17.9 Å². The lowest BCUT2D eigenvalue weighted by Crippen LogP contribution is -2.14. The second kappa shape index (κ2) is 10.1. The van der Waals surface area contributed by atoms with Crippen LogP contribution in [0.1, 0.15) is 35.8 Å². The Morgan fingerprint density at radius 1 is 1.07 bits per heavy atom. The number of pyridine rings is 1. The number of para-hydroxylation sites is 1. The van der Waals surface area contributed by atoms with Crippen molar-refractivity contribution in [3.63, 3.8) is 0 Å². The number of hydrogen-bond donors (Lipinski definition) is 1. The lowest BCUT2D eigenvalue weighted by atomic mass is 10.2. The quantitative estimate of drug-likeness (QED) is 0.314. The van der Waals surface area contributed by atoms with Crippen molar-refractivity contribution in [1.29, 1.82) is 0 Å². The first-order valence-corrected chi connectivity index (χ1v) is 10.6. The second-order valence-corrected chi connectivity index (χ2v) is 7.70. The summed E-state index contributed by atoms with van der Waals surface area (Å²) in [4.78, 5) is 29.8. The molecule has 0 fully saturated rings. The van der Waals surface area contributed by atoms with E-state index in [-0.39, 0.29) is 17.6 Å². The monoisotopic (exact) mass is 408 g/mol. The van der Waals surface area contributed by atoms with Crippen LogP contribution in [0, 0.1) is 6.92 Å². The standard InChI is InChI=1S/C23H24N2O3S/c1-3-4-14-28-23(27)18-10-12-19(13-11-18)25-21(26)15-29-20-7-5-6-17-9-8-16(2)24-22(17)20/h5-13H,3-4,14-15H2,1-2H3,(H,25,26). The number of carbonyl (C=O) groups is 2. The Bertz CT molecular complexity index is 1000. The van der Waals surface area contributed by atoms with Crippen molar-refractivity contribution in [1.82, 2.24) is 4.98 Å². The van der Waals surface area contributed by atoms with Gasteiger partial charge in [-0.1, -0.05) is 31.5 Å². The molecule has 5 nitrogen and oxygen atoms in total. The maximum atomic E-state index is 12.3. The van der Waals surface area contributed by atoms with Crippen LogP contribution in [0.3, 0.4) is 0 Å². The van der Waals surface area contributed by atoms with E-state index in [1.807, 2.05) is 44.2 Å². The summed E-state index contributed by atoms with van der Waals surface area (Å²) in [5, 5.41) is 3.92. The van der Waals surface area contributed by atoms with Gasteiger partial charge in [0.1, 0.15) is 0 Å².